The monoisotopic (exact) mass is 743 g/mol. The SMILES string of the molecule is CN(C)C(=O)c1cccc(S(=O)(=O)N2CCO[C@H](C(=O)O[C@@H](Cc3c(Cl)c[n+]([O-])cc3Cl)c3ccc(OC(F)F)c(OCC4CC4)c3)C2)c1. The van der Waals surface area contributed by atoms with Crippen molar-refractivity contribution in [3.05, 3.63) is 86.8 Å². The van der Waals surface area contributed by atoms with Crippen molar-refractivity contribution in [1.82, 2.24) is 9.21 Å². The van der Waals surface area contributed by atoms with Crippen molar-refractivity contribution >= 4 is 45.1 Å². The molecule has 1 saturated heterocycles. The van der Waals surface area contributed by atoms with E-state index in [4.69, 9.17) is 37.4 Å². The third kappa shape index (κ3) is 9.08. The highest BCUT2D eigenvalue weighted by Crippen LogP contribution is 2.38. The Bertz CT molecular complexity index is 1790. The minimum Gasteiger partial charge on any atom is -0.619 e. The predicted molar refractivity (Wildman–Crippen MR) is 172 cm³/mol. The molecule has 12 nitrogen and oxygen atoms in total. The van der Waals surface area contributed by atoms with Crippen LogP contribution in [0.5, 0.6) is 11.5 Å². The molecule has 2 fully saturated rings. The number of sulfonamides is 1. The van der Waals surface area contributed by atoms with Crippen LogP contribution in [0, 0.1) is 11.1 Å². The van der Waals surface area contributed by atoms with E-state index in [-0.39, 0.29) is 81.1 Å². The molecule has 1 aliphatic carbocycles. The van der Waals surface area contributed by atoms with Crippen molar-refractivity contribution in [2.45, 2.75) is 43.0 Å². The lowest BCUT2D eigenvalue weighted by Gasteiger charge is -2.32. The first-order valence-corrected chi connectivity index (χ1v) is 17.3. The lowest BCUT2D eigenvalue weighted by molar-refractivity contribution is -0.605. The van der Waals surface area contributed by atoms with Gasteiger partial charge in [0.05, 0.1) is 24.7 Å². The zero-order valence-corrected chi connectivity index (χ0v) is 28.7. The minimum absolute atomic E-state index is 0.00503. The maximum absolute atomic E-state index is 13.6. The van der Waals surface area contributed by atoms with Crippen LogP contribution in [0.1, 0.15) is 40.4 Å². The average Bonchev–Trinajstić information content (AvgIpc) is 3.89. The Labute approximate surface area is 291 Å². The molecule has 17 heteroatoms. The number of carbonyl (C=O) groups excluding carboxylic acids is 2. The maximum atomic E-state index is 13.6. The molecule has 0 N–H and O–H groups in total. The highest BCUT2D eigenvalue weighted by Gasteiger charge is 2.37. The highest BCUT2D eigenvalue weighted by molar-refractivity contribution is 7.89. The normalized spacial score (nSPS) is 17.4. The molecule has 0 spiro atoms. The topological polar surface area (TPSA) is 139 Å². The summed E-state index contributed by atoms with van der Waals surface area (Å²) in [5, 5.41) is 11.8. The molecule has 2 heterocycles. The Hall–Kier alpha value is -3.76. The molecular weight excluding hydrogens is 711 g/mol. The van der Waals surface area contributed by atoms with Crippen LogP contribution >= 0.6 is 23.2 Å². The van der Waals surface area contributed by atoms with Crippen LogP contribution in [0.4, 0.5) is 8.78 Å². The summed E-state index contributed by atoms with van der Waals surface area (Å²) in [6, 6.07) is 9.62. The highest BCUT2D eigenvalue weighted by atomic mass is 35.5. The number of benzene rings is 2. The predicted octanol–water partition coefficient (Wildman–Crippen LogP) is 4.64. The quantitative estimate of drug-likeness (QED) is 0.139. The Kier molecular flexibility index (Phi) is 11.5. The fourth-order valence-corrected chi connectivity index (χ4v) is 7.13. The van der Waals surface area contributed by atoms with Crippen molar-refractivity contribution in [2.24, 2.45) is 5.92 Å². The van der Waals surface area contributed by atoms with Gasteiger partial charge in [-0.25, -0.2) is 13.2 Å². The first-order chi connectivity index (χ1) is 23.2. The molecule has 264 valence electrons. The van der Waals surface area contributed by atoms with Gasteiger partial charge in [0.25, 0.3) is 5.91 Å². The van der Waals surface area contributed by atoms with Gasteiger partial charge in [-0.05, 0) is 54.7 Å². The van der Waals surface area contributed by atoms with E-state index >= 15 is 0 Å². The molecule has 1 amide bonds. The smallest absolute Gasteiger partial charge is 0.387 e. The van der Waals surface area contributed by atoms with Crippen molar-refractivity contribution in [2.75, 3.05) is 40.4 Å². The number of halogens is 4. The van der Waals surface area contributed by atoms with Crippen molar-refractivity contribution in [1.29, 1.82) is 0 Å². The molecule has 0 unspecified atom stereocenters. The number of carbonyl (C=O) groups is 2. The molecule has 1 aromatic heterocycles. The Balaban J connectivity index is 1.41. The Morgan fingerprint density at radius 2 is 1.82 bits per heavy atom. The molecule has 0 radical (unpaired) electrons. The summed E-state index contributed by atoms with van der Waals surface area (Å²) in [5.74, 6) is -1.27. The average molecular weight is 745 g/mol. The molecule has 5 rings (SSSR count). The zero-order chi connectivity index (χ0) is 35.5. The molecule has 0 bridgehead atoms. The first kappa shape index (κ1) is 36.5. The number of hydrogen-bond acceptors (Lipinski definition) is 9. The van der Waals surface area contributed by atoms with Gasteiger partial charge >= 0.3 is 12.6 Å². The fourth-order valence-electron chi connectivity index (χ4n) is 5.06. The number of pyridine rings is 1. The van der Waals surface area contributed by atoms with Gasteiger partial charge in [-0.15, -0.1) is 0 Å². The number of esters is 1. The van der Waals surface area contributed by atoms with Crippen LogP contribution in [0.25, 0.3) is 0 Å². The Morgan fingerprint density at radius 1 is 1.10 bits per heavy atom. The minimum atomic E-state index is -4.17. The number of nitrogens with zero attached hydrogens (tertiary/aromatic N) is 3. The van der Waals surface area contributed by atoms with Crippen molar-refractivity contribution in [3.63, 3.8) is 0 Å². The van der Waals surface area contributed by atoms with Gasteiger partial charge in [0.1, 0.15) is 16.1 Å². The van der Waals surface area contributed by atoms with E-state index < -0.39 is 41.4 Å². The van der Waals surface area contributed by atoms with Gasteiger partial charge in [0.15, 0.2) is 30.0 Å². The van der Waals surface area contributed by atoms with Crippen LogP contribution in [-0.2, 0) is 30.7 Å². The van der Waals surface area contributed by atoms with Gasteiger partial charge in [-0.3, -0.25) is 4.79 Å². The zero-order valence-electron chi connectivity index (χ0n) is 26.4. The number of amides is 1. The van der Waals surface area contributed by atoms with Gasteiger partial charge < -0.3 is 29.1 Å². The number of ether oxygens (including phenoxy) is 4. The number of hydrogen-bond donors (Lipinski definition) is 0. The molecule has 1 aliphatic heterocycles. The van der Waals surface area contributed by atoms with Crippen LogP contribution < -0.4 is 14.2 Å². The van der Waals surface area contributed by atoms with E-state index in [2.05, 4.69) is 4.74 Å². The molecule has 2 atom stereocenters. The summed E-state index contributed by atoms with van der Waals surface area (Å²) in [6.07, 6.45) is 1.29. The summed E-state index contributed by atoms with van der Waals surface area (Å²) in [6.45, 7) is -3.47. The molecule has 2 aliphatic rings. The fraction of sp³-hybridized carbons (Fsp3) is 0.406. The van der Waals surface area contributed by atoms with Gasteiger partial charge in [-0.1, -0.05) is 35.3 Å². The van der Waals surface area contributed by atoms with Gasteiger partial charge in [-0.2, -0.15) is 17.8 Å². The first-order valence-electron chi connectivity index (χ1n) is 15.1. The van der Waals surface area contributed by atoms with E-state index in [1.165, 1.54) is 47.4 Å². The largest absolute Gasteiger partial charge is 0.619 e. The number of alkyl halides is 2. The van der Waals surface area contributed by atoms with Gasteiger partial charge in [0, 0.05) is 38.2 Å². The third-order valence-corrected chi connectivity index (χ3v) is 10.4. The second-order valence-electron chi connectivity index (χ2n) is 11.7. The van der Waals surface area contributed by atoms with E-state index in [0.717, 1.165) is 29.5 Å². The second-order valence-corrected chi connectivity index (χ2v) is 14.5. The number of rotatable bonds is 13. The van der Waals surface area contributed by atoms with E-state index in [9.17, 15) is 32.0 Å². The van der Waals surface area contributed by atoms with Gasteiger partial charge in [0.2, 0.25) is 10.0 Å². The lowest BCUT2D eigenvalue weighted by atomic mass is 10.0. The van der Waals surface area contributed by atoms with Crippen molar-refractivity contribution in [3.8, 4) is 11.5 Å². The van der Waals surface area contributed by atoms with E-state index in [1.54, 1.807) is 14.1 Å². The second kappa shape index (κ2) is 15.4. The molecule has 3 aromatic rings. The van der Waals surface area contributed by atoms with Crippen LogP contribution in [0.2, 0.25) is 10.0 Å². The maximum Gasteiger partial charge on any atom is 0.387 e. The molecule has 1 saturated carbocycles. The summed E-state index contributed by atoms with van der Waals surface area (Å²) < 4.78 is 77.0. The third-order valence-electron chi connectivity index (χ3n) is 7.85. The van der Waals surface area contributed by atoms with E-state index in [0.29, 0.717) is 4.73 Å². The van der Waals surface area contributed by atoms with Crippen LogP contribution in [0.3, 0.4) is 0 Å². The molecule has 49 heavy (non-hydrogen) atoms. The number of aromatic nitrogens is 1. The van der Waals surface area contributed by atoms with E-state index in [1.807, 2.05) is 0 Å². The molecule has 2 aromatic carbocycles. The summed E-state index contributed by atoms with van der Waals surface area (Å²) in [4.78, 5) is 27.3. The molecular formula is C32H33Cl2F2N3O9S. The van der Waals surface area contributed by atoms with Crippen LogP contribution in [-0.4, -0.2) is 82.6 Å². The summed E-state index contributed by atoms with van der Waals surface area (Å²) in [7, 11) is -1.08. The lowest BCUT2D eigenvalue weighted by Crippen LogP contribution is -2.49. The van der Waals surface area contributed by atoms with Crippen molar-refractivity contribution < 1.29 is 50.5 Å². The van der Waals surface area contributed by atoms with Crippen LogP contribution in [0.15, 0.2) is 59.8 Å². The summed E-state index contributed by atoms with van der Waals surface area (Å²) >= 11 is 12.7. The summed E-state index contributed by atoms with van der Waals surface area (Å²) in [5.41, 5.74) is 0.709. The number of morpholine rings is 1. The Morgan fingerprint density at radius 3 is 2.47 bits per heavy atom. The standard InChI is InChI=1S/C32H33Cl2F2N3O9S/c1-37(2)30(40)21-4-3-5-22(12-21)49(43,44)39-10-11-45-29(17-39)31(41)47-27(14-23-24(33)15-38(42)16-25(23)34)20-8-9-26(48-32(35)36)28(13-20)46-18-19-6-7-19/h3-5,8-9,12-13,15-16,19,27,29,32H,6-7,10-11,14,17-18H2,1-2H3/t27-,29-/m0/s1.